The summed E-state index contributed by atoms with van der Waals surface area (Å²) in [4.78, 5) is 22.0. The van der Waals surface area contributed by atoms with Crippen LogP contribution in [0.4, 0.5) is 5.95 Å². The fourth-order valence-corrected chi connectivity index (χ4v) is 1.60. The third-order valence-electron chi connectivity index (χ3n) is 1.71. The summed E-state index contributed by atoms with van der Waals surface area (Å²) < 4.78 is 0. The topological polar surface area (TPSA) is 102 Å². The van der Waals surface area contributed by atoms with Crippen LogP contribution in [0.5, 0.6) is 0 Å². The highest BCUT2D eigenvalue weighted by molar-refractivity contribution is 7.10. The molecule has 3 N–H and O–H groups in total. The fourth-order valence-electron chi connectivity index (χ4n) is 0.958. The molecule has 0 aromatic carbocycles. The SMILES string of the molecule is Nc1ncc(C#Cc2nc(C(=O)O)cs2)cn1. The van der Waals surface area contributed by atoms with Gasteiger partial charge in [0.1, 0.15) is 0 Å². The second-order valence-electron chi connectivity index (χ2n) is 2.92. The minimum atomic E-state index is -1.06. The Hall–Kier alpha value is -2.46. The number of carbonyl (C=O) groups is 1. The van der Waals surface area contributed by atoms with Crippen molar-refractivity contribution in [2.45, 2.75) is 0 Å². The molecule has 2 aromatic rings. The van der Waals surface area contributed by atoms with Crippen molar-refractivity contribution in [3.63, 3.8) is 0 Å². The molecule has 6 nitrogen and oxygen atoms in total. The zero-order valence-electron chi connectivity index (χ0n) is 8.41. The second-order valence-corrected chi connectivity index (χ2v) is 3.78. The minimum absolute atomic E-state index is 0.00661. The van der Waals surface area contributed by atoms with Crippen LogP contribution in [0.2, 0.25) is 0 Å². The lowest BCUT2D eigenvalue weighted by atomic mass is 10.3. The van der Waals surface area contributed by atoms with Crippen LogP contribution in [0.15, 0.2) is 17.8 Å². The van der Waals surface area contributed by atoms with Crippen LogP contribution in [0, 0.1) is 11.8 Å². The molecule has 0 fully saturated rings. The number of thiazole rings is 1. The van der Waals surface area contributed by atoms with Crippen molar-refractivity contribution in [1.82, 2.24) is 15.0 Å². The molecule has 0 aliphatic heterocycles. The number of aromatic nitrogens is 3. The minimum Gasteiger partial charge on any atom is -0.476 e. The lowest BCUT2D eigenvalue weighted by Crippen LogP contribution is -1.95. The van der Waals surface area contributed by atoms with Crippen LogP contribution in [-0.4, -0.2) is 26.0 Å². The van der Waals surface area contributed by atoms with E-state index < -0.39 is 5.97 Å². The maximum atomic E-state index is 10.6. The number of carboxylic acid groups (broad SMARTS) is 1. The Balaban J connectivity index is 2.20. The van der Waals surface area contributed by atoms with E-state index in [1.54, 1.807) is 0 Å². The predicted molar refractivity (Wildman–Crippen MR) is 61.5 cm³/mol. The Labute approximate surface area is 100 Å². The molecule has 7 heteroatoms. The molecule has 0 amide bonds. The maximum absolute atomic E-state index is 10.6. The molecule has 0 spiro atoms. The summed E-state index contributed by atoms with van der Waals surface area (Å²) in [6.45, 7) is 0. The molecule has 2 heterocycles. The first-order valence-electron chi connectivity index (χ1n) is 4.43. The Morgan fingerprint density at radius 1 is 1.35 bits per heavy atom. The fraction of sp³-hybridized carbons (Fsp3) is 0. The predicted octanol–water partition coefficient (Wildman–Crippen LogP) is 0.613. The van der Waals surface area contributed by atoms with Crippen molar-refractivity contribution in [3.8, 4) is 11.8 Å². The molecule has 2 rings (SSSR count). The van der Waals surface area contributed by atoms with Crippen molar-refractivity contribution in [3.05, 3.63) is 34.0 Å². The van der Waals surface area contributed by atoms with Gasteiger partial charge in [-0.2, -0.15) is 0 Å². The number of rotatable bonds is 1. The van der Waals surface area contributed by atoms with Crippen LogP contribution >= 0.6 is 11.3 Å². The molecule has 2 aromatic heterocycles. The third kappa shape index (κ3) is 2.76. The Kier molecular flexibility index (Phi) is 2.98. The summed E-state index contributed by atoms with van der Waals surface area (Å²) in [6.07, 6.45) is 2.97. The van der Waals surface area contributed by atoms with Crippen molar-refractivity contribution in [1.29, 1.82) is 0 Å². The number of carboxylic acids is 1. The van der Waals surface area contributed by atoms with Crippen LogP contribution in [-0.2, 0) is 0 Å². The first-order chi connectivity index (χ1) is 8.15. The summed E-state index contributed by atoms with van der Waals surface area (Å²) in [7, 11) is 0. The number of anilines is 1. The van der Waals surface area contributed by atoms with Crippen molar-refractivity contribution in [2.75, 3.05) is 5.73 Å². The molecule has 0 saturated carbocycles. The average molecular weight is 246 g/mol. The van der Waals surface area contributed by atoms with Gasteiger partial charge in [0.2, 0.25) is 5.95 Å². The molecule has 84 valence electrons. The van der Waals surface area contributed by atoms with Gasteiger partial charge in [-0.15, -0.1) is 11.3 Å². The second kappa shape index (κ2) is 4.59. The number of hydrogen-bond acceptors (Lipinski definition) is 6. The van der Waals surface area contributed by atoms with Crippen LogP contribution in [0.25, 0.3) is 0 Å². The van der Waals surface area contributed by atoms with Crippen molar-refractivity contribution in [2.24, 2.45) is 0 Å². The van der Waals surface area contributed by atoms with Crippen LogP contribution < -0.4 is 5.73 Å². The third-order valence-corrected chi connectivity index (χ3v) is 2.47. The van der Waals surface area contributed by atoms with Gasteiger partial charge >= 0.3 is 5.97 Å². The van der Waals surface area contributed by atoms with Crippen molar-refractivity contribution < 1.29 is 9.90 Å². The van der Waals surface area contributed by atoms with Gasteiger partial charge in [-0.05, 0) is 5.92 Å². The molecule has 0 unspecified atom stereocenters. The zero-order chi connectivity index (χ0) is 12.3. The Morgan fingerprint density at radius 3 is 2.65 bits per heavy atom. The first kappa shape index (κ1) is 11.0. The summed E-state index contributed by atoms with van der Waals surface area (Å²) in [5.74, 6) is 4.61. The maximum Gasteiger partial charge on any atom is 0.355 e. The summed E-state index contributed by atoms with van der Waals surface area (Å²) in [5, 5.41) is 10.5. The van der Waals surface area contributed by atoms with Gasteiger partial charge in [0.25, 0.3) is 0 Å². The van der Waals surface area contributed by atoms with Gasteiger partial charge in [0, 0.05) is 17.8 Å². The van der Waals surface area contributed by atoms with E-state index >= 15 is 0 Å². The van der Waals surface area contributed by atoms with Gasteiger partial charge in [-0.1, -0.05) is 5.92 Å². The molecule has 0 atom stereocenters. The van der Waals surface area contributed by atoms with Crippen molar-refractivity contribution >= 4 is 23.3 Å². The van der Waals surface area contributed by atoms with E-state index in [2.05, 4.69) is 26.8 Å². The van der Waals surface area contributed by atoms with Crippen LogP contribution in [0.3, 0.4) is 0 Å². The number of nitrogens with zero attached hydrogens (tertiary/aromatic N) is 3. The summed E-state index contributed by atoms with van der Waals surface area (Å²) in [6, 6.07) is 0. The van der Waals surface area contributed by atoms with Crippen LogP contribution in [0.1, 0.15) is 21.1 Å². The number of hydrogen-bond donors (Lipinski definition) is 2. The first-order valence-corrected chi connectivity index (χ1v) is 5.31. The Bertz CT molecular complexity index is 609. The van der Waals surface area contributed by atoms with Gasteiger partial charge in [0.05, 0.1) is 5.56 Å². The lowest BCUT2D eigenvalue weighted by molar-refractivity contribution is 0.0691. The normalized spacial score (nSPS) is 9.41. The largest absolute Gasteiger partial charge is 0.476 e. The number of nitrogen functional groups attached to an aromatic ring is 1. The monoisotopic (exact) mass is 246 g/mol. The van der Waals surface area contributed by atoms with E-state index in [-0.39, 0.29) is 11.6 Å². The highest BCUT2D eigenvalue weighted by atomic mass is 32.1. The summed E-state index contributed by atoms with van der Waals surface area (Å²) >= 11 is 1.17. The Morgan fingerprint density at radius 2 is 2.06 bits per heavy atom. The smallest absolute Gasteiger partial charge is 0.355 e. The highest BCUT2D eigenvalue weighted by Crippen LogP contribution is 2.08. The van der Waals surface area contributed by atoms with E-state index in [4.69, 9.17) is 10.8 Å². The number of aromatic carboxylic acids is 1. The van der Waals surface area contributed by atoms with Gasteiger partial charge in [-0.25, -0.2) is 19.7 Å². The standard InChI is InChI=1S/C10H6N4O2S/c11-10-12-3-6(4-13-10)1-2-8-14-7(5-17-8)9(15)16/h3-5H,(H,15,16)(H2,11,12,13). The molecule has 0 bridgehead atoms. The van der Waals surface area contributed by atoms with Gasteiger partial charge in [-0.3, -0.25) is 0 Å². The van der Waals surface area contributed by atoms with Gasteiger partial charge in [0.15, 0.2) is 10.7 Å². The van der Waals surface area contributed by atoms with Gasteiger partial charge < -0.3 is 10.8 Å². The quantitative estimate of drug-likeness (QED) is 0.715. The molecular weight excluding hydrogens is 240 g/mol. The zero-order valence-corrected chi connectivity index (χ0v) is 9.23. The molecule has 17 heavy (non-hydrogen) atoms. The van der Waals surface area contributed by atoms with E-state index in [1.165, 1.54) is 29.1 Å². The number of nitrogens with two attached hydrogens (primary N) is 1. The molecule has 0 saturated heterocycles. The molecular formula is C10H6N4O2S. The van der Waals surface area contributed by atoms with E-state index in [0.29, 0.717) is 10.6 Å². The average Bonchev–Trinajstić information content (AvgIpc) is 2.77. The lowest BCUT2D eigenvalue weighted by Gasteiger charge is -1.89. The van der Waals surface area contributed by atoms with E-state index in [0.717, 1.165) is 0 Å². The van der Waals surface area contributed by atoms with E-state index in [1.807, 2.05) is 0 Å². The molecule has 0 aliphatic carbocycles. The molecule has 0 aliphatic rings. The highest BCUT2D eigenvalue weighted by Gasteiger charge is 2.06. The van der Waals surface area contributed by atoms with E-state index in [9.17, 15) is 4.79 Å². The molecule has 0 radical (unpaired) electrons. The summed E-state index contributed by atoms with van der Waals surface area (Å²) in [5.41, 5.74) is 5.91.